The molecule has 0 aliphatic rings. The third-order valence-electron chi connectivity index (χ3n) is 3.93. The van der Waals surface area contributed by atoms with Gasteiger partial charge in [-0.2, -0.15) is 10.2 Å². The Balaban J connectivity index is 1.76. The van der Waals surface area contributed by atoms with Gasteiger partial charge >= 0.3 is 0 Å². The number of rotatable bonds is 8. The number of hydrogen-bond acceptors (Lipinski definition) is 10. The second kappa shape index (κ2) is 9.17. The van der Waals surface area contributed by atoms with Crippen molar-refractivity contribution in [3.05, 3.63) is 54.1 Å². The maximum atomic E-state index is 12.5. The smallest absolute Gasteiger partial charge is 0.263 e. The topological polar surface area (TPSA) is 152 Å². The van der Waals surface area contributed by atoms with Crippen LogP contribution in [0.1, 0.15) is 10.4 Å². The van der Waals surface area contributed by atoms with Gasteiger partial charge in [-0.05, 0) is 36.4 Å². The largest absolute Gasteiger partial charge is 0.504 e. The van der Waals surface area contributed by atoms with Crippen LogP contribution in [0.2, 0.25) is 0 Å². The number of phenols is 1. The fraction of sp³-hybridized carbons (Fsp3) is 0.105. The molecule has 0 amide bonds. The second-order valence-electron chi connectivity index (χ2n) is 5.97. The molecule has 2 aromatic carbocycles. The molecule has 0 bridgehead atoms. The molecular weight excluding hydrogens is 426 g/mol. The summed E-state index contributed by atoms with van der Waals surface area (Å²) in [7, 11) is -1.14. The van der Waals surface area contributed by atoms with E-state index in [0.29, 0.717) is 12.0 Å². The van der Waals surface area contributed by atoms with Crippen molar-refractivity contribution >= 4 is 33.5 Å². The van der Waals surface area contributed by atoms with Crippen LogP contribution in [0.4, 0.5) is 17.2 Å². The molecule has 0 radical (unpaired) electrons. The van der Waals surface area contributed by atoms with E-state index in [9.17, 15) is 18.3 Å². The summed E-state index contributed by atoms with van der Waals surface area (Å²) in [6.45, 7) is 0. The predicted octanol–water partition coefficient (Wildman–Crippen LogP) is 3.23. The zero-order valence-corrected chi connectivity index (χ0v) is 17.2. The minimum absolute atomic E-state index is 0.0191. The molecule has 0 fully saturated rings. The minimum atomic E-state index is -3.89. The number of nitrogens with zero attached hydrogens (tertiary/aromatic N) is 4. The number of aromatic hydroxyl groups is 1. The number of aromatic nitrogens is 2. The van der Waals surface area contributed by atoms with Crippen LogP contribution in [0, 0.1) is 0 Å². The van der Waals surface area contributed by atoms with E-state index in [1.54, 1.807) is 0 Å². The van der Waals surface area contributed by atoms with Gasteiger partial charge in [0.25, 0.3) is 10.0 Å². The Morgan fingerprint density at radius 3 is 2.26 bits per heavy atom. The lowest BCUT2D eigenvalue weighted by molar-refractivity contribution is 0.112. The summed E-state index contributed by atoms with van der Waals surface area (Å²) >= 11 is 0. The van der Waals surface area contributed by atoms with Crippen LogP contribution in [-0.4, -0.2) is 44.2 Å². The number of aldehydes is 1. The summed E-state index contributed by atoms with van der Waals surface area (Å²) in [5, 5.41) is 25.3. The molecule has 0 saturated carbocycles. The van der Waals surface area contributed by atoms with E-state index in [4.69, 9.17) is 9.47 Å². The molecule has 0 spiro atoms. The van der Waals surface area contributed by atoms with Crippen molar-refractivity contribution < 1.29 is 27.8 Å². The molecule has 11 nitrogen and oxygen atoms in total. The minimum Gasteiger partial charge on any atom is -0.504 e. The molecule has 2 N–H and O–H groups in total. The van der Waals surface area contributed by atoms with Crippen molar-refractivity contribution in [2.75, 3.05) is 18.9 Å². The highest BCUT2D eigenvalue weighted by Crippen LogP contribution is 2.34. The van der Waals surface area contributed by atoms with Crippen LogP contribution in [0.25, 0.3) is 0 Å². The highest BCUT2D eigenvalue weighted by Gasteiger charge is 2.15. The molecule has 0 aliphatic carbocycles. The normalized spacial score (nSPS) is 11.3. The van der Waals surface area contributed by atoms with Crippen LogP contribution in [0.5, 0.6) is 17.4 Å². The number of azo groups is 1. The van der Waals surface area contributed by atoms with Crippen molar-refractivity contribution in [2.24, 2.45) is 10.2 Å². The predicted molar refractivity (Wildman–Crippen MR) is 110 cm³/mol. The van der Waals surface area contributed by atoms with Gasteiger partial charge in [-0.15, -0.1) is 10.2 Å². The van der Waals surface area contributed by atoms with Crippen LogP contribution in [0.15, 0.2) is 63.7 Å². The van der Waals surface area contributed by atoms with E-state index >= 15 is 0 Å². The highest BCUT2D eigenvalue weighted by molar-refractivity contribution is 7.92. The van der Waals surface area contributed by atoms with E-state index in [1.165, 1.54) is 62.8 Å². The molecule has 160 valence electrons. The summed E-state index contributed by atoms with van der Waals surface area (Å²) in [5.41, 5.74) is 0.689. The van der Waals surface area contributed by atoms with Gasteiger partial charge in [-0.3, -0.25) is 9.52 Å². The molecule has 31 heavy (non-hydrogen) atoms. The lowest BCUT2D eigenvalue weighted by Crippen LogP contribution is -2.14. The molecule has 12 heteroatoms. The van der Waals surface area contributed by atoms with Crippen LogP contribution >= 0.6 is 0 Å². The number of benzene rings is 2. The maximum absolute atomic E-state index is 12.5. The molecule has 1 aromatic heterocycles. The van der Waals surface area contributed by atoms with Gasteiger partial charge in [0.2, 0.25) is 5.88 Å². The number of carbonyl (C=O) groups excluding carboxylic acids is 1. The lowest BCUT2D eigenvalue weighted by atomic mass is 10.2. The third-order valence-corrected chi connectivity index (χ3v) is 5.30. The van der Waals surface area contributed by atoms with E-state index in [-0.39, 0.29) is 39.3 Å². The number of nitrogens with one attached hydrogen (secondary N) is 1. The van der Waals surface area contributed by atoms with Crippen molar-refractivity contribution in [1.82, 2.24) is 10.2 Å². The van der Waals surface area contributed by atoms with Gasteiger partial charge in [0.15, 0.2) is 23.6 Å². The van der Waals surface area contributed by atoms with Crippen molar-refractivity contribution in [2.45, 2.75) is 4.90 Å². The molecule has 0 saturated heterocycles. The Morgan fingerprint density at radius 2 is 1.68 bits per heavy atom. The van der Waals surface area contributed by atoms with E-state index in [1.807, 2.05) is 0 Å². The molecule has 0 unspecified atom stereocenters. The van der Waals surface area contributed by atoms with Gasteiger partial charge in [-0.25, -0.2) is 8.42 Å². The Kier molecular flexibility index (Phi) is 6.40. The van der Waals surface area contributed by atoms with Gasteiger partial charge < -0.3 is 14.6 Å². The summed E-state index contributed by atoms with van der Waals surface area (Å²) in [4.78, 5) is 11.1. The highest BCUT2D eigenvalue weighted by atomic mass is 32.2. The van der Waals surface area contributed by atoms with Gasteiger partial charge in [0.1, 0.15) is 0 Å². The average Bonchev–Trinajstić information content (AvgIpc) is 2.77. The number of methoxy groups -OCH3 is 2. The molecule has 3 aromatic rings. The van der Waals surface area contributed by atoms with Gasteiger partial charge in [-0.1, -0.05) is 0 Å². The Hall–Kier alpha value is -4.06. The standard InChI is InChI=1S/C19H17N5O6S/c1-29-18-8-7-17(22-23-18)24-31(27,28)15-5-3-13(4-6-15)20-21-14-9-12(11-25)19(30-2)16(26)10-14/h3-11,26H,1-2H3,(H,22,24). The van der Waals surface area contributed by atoms with Crippen molar-refractivity contribution in [1.29, 1.82) is 0 Å². The number of ether oxygens (including phenoxy) is 2. The molecule has 1 heterocycles. The first-order valence-corrected chi connectivity index (χ1v) is 10.1. The lowest BCUT2D eigenvalue weighted by Gasteiger charge is -2.07. The molecule has 0 atom stereocenters. The quantitative estimate of drug-likeness (QED) is 0.397. The van der Waals surface area contributed by atoms with Gasteiger partial charge in [0.05, 0.1) is 36.1 Å². The SMILES string of the molecule is COc1ccc(NS(=O)(=O)c2ccc(N=Nc3cc(O)c(OC)c(C=O)c3)cc2)nn1. The number of phenolic OH excluding ortho intramolecular Hbond substituents is 1. The fourth-order valence-electron chi connectivity index (χ4n) is 2.48. The van der Waals surface area contributed by atoms with Crippen LogP contribution in [-0.2, 0) is 10.0 Å². The van der Waals surface area contributed by atoms with E-state index < -0.39 is 10.0 Å². The first-order valence-electron chi connectivity index (χ1n) is 8.65. The number of carbonyl (C=O) groups is 1. The van der Waals surface area contributed by atoms with Crippen LogP contribution in [0.3, 0.4) is 0 Å². The Bertz CT molecular complexity index is 1210. The monoisotopic (exact) mass is 443 g/mol. The van der Waals surface area contributed by atoms with Crippen LogP contribution < -0.4 is 14.2 Å². The molecular formula is C19H17N5O6S. The summed E-state index contributed by atoms with van der Waals surface area (Å²) in [6.07, 6.45) is 0.525. The first kappa shape index (κ1) is 21.6. The van der Waals surface area contributed by atoms with E-state index in [2.05, 4.69) is 25.1 Å². The number of sulfonamides is 1. The summed E-state index contributed by atoms with van der Waals surface area (Å²) in [5.74, 6) is 0.0747. The number of hydrogen-bond donors (Lipinski definition) is 2. The zero-order chi connectivity index (χ0) is 22.4. The first-order chi connectivity index (χ1) is 14.9. The van der Waals surface area contributed by atoms with E-state index in [0.717, 1.165) is 0 Å². The molecule has 3 rings (SSSR count). The van der Waals surface area contributed by atoms with Crippen molar-refractivity contribution in [3.63, 3.8) is 0 Å². The zero-order valence-electron chi connectivity index (χ0n) is 16.4. The second-order valence-corrected chi connectivity index (χ2v) is 7.65. The fourth-order valence-corrected chi connectivity index (χ4v) is 3.47. The maximum Gasteiger partial charge on any atom is 0.263 e. The van der Waals surface area contributed by atoms with Gasteiger partial charge in [0, 0.05) is 12.1 Å². The van der Waals surface area contributed by atoms with Crippen molar-refractivity contribution in [3.8, 4) is 17.4 Å². The summed E-state index contributed by atoms with van der Waals surface area (Å²) < 4.78 is 37.1. The summed E-state index contributed by atoms with van der Waals surface area (Å²) in [6, 6.07) is 11.2. The number of anilines is 1. The molecule has 0 aliphatic heterocycles. The Labute approximate surface area is 177 Å². The average molecular weight is 443 g/mol. The Morgan fingerprint density at radius 1 is 0.968 bits per heavy atom. The third kappa shape index (κ3) is 5.11.